The first-order valence-corrected chi connectivity index (χ1v) is 3.79. The lowest BCUT2D eigenvalue weighted by Crippen LogP contribution is -1.98. The summed E-state index contributed by atoms with van der Waals surface area (Å²) in [5, 5.41) is 19.0. The number of nitro groups is 1. The van der Waals surface area contributed by atoms with E-state index in [4.69, 9.17) is 10.8 Å². The summed E-state index contributed by atoms with van der Waals surface area (Å²) in [6.45, 7) is 0.0112. The number of nitro benzene ring substituents is 1. The van der Waals surface area contributed by atoms with Crippen LogP contribution in [-0.4, -0.2) is 16.6 Å². The van der Waals surface area contributed by atoms with Crippen LogP contribution in [0.4, 0.5) is 11.4 Å². The van der Waals surface area contributed by atoms with E-state index in [1.165, 1.54) is 12.1 Å². The van der Waals surface area contributed by atoms with E-state index in [0.717, 1.165) is 5.56 Å². The third kappa shape index (κ3) is 2.16. The average molecular weight is 182 g/mol. The molecule has 0 spiro atoms. The van der Waals surface area contributed by atoms with Crippen molar-refractivity contribution in [1.82, 2.24) is 0 Å². The van der Waals surface area contributed by atoms with E-state index in [9.17, 15) is 10.1 Å². The summed E-state index contributed by atoms with van der Waals surface area (Å²) >= 11 is 0. The van der Waals surface area contributed by atoms with Crippen LogP contribution in [0, 0.1) is 10.1 Å². The Morgan fingerprint density at radius 3 is 2.69 bits per heavy atom. The lowest BCUT2D eigenvalue weighted by molar-refractivity contribution is -0.383. The van der Waals surface area contributed by atoms with Crippen LogP contribution in [0.25, 0.3) is 0 Å². The topological polar surface area (TPSA) is 89.4 Å². The molecule has 1 aromatic carbocycles. The number of benzene rings is 1. The molecule has 5 heteroatoms. The van der Waals surface area contributed by atoms with Crippen LogP contribution < -0.4 is 5.73 Å². The minimum Gasteiger partial charge on any atom is -0.396 e. The Hall–Kier alpha value is -1.62. The lowest BCUT2D eigenvalue weighted by Gasteiger charge is -2.00. The van der Waals surface area contributed by atoms with Gasteiger partial charge in [0.15, 0.2) is 0 Å². The third-order valence-corrected chi connectivity index (χ3v) is 1.69. The highest BCUT2D eigenvalue weighted by Crippen LogP contribution is 2.21. The monoisotopic (exact) mass is 182 g/mol. The molecule has 0 saturated heterocycles. The summed E-state index contributed by atoms with van der Waals surface area (Å²) in [6, 6.07) is 4.44. The standard InChI is InChI=1S/C8H10N2O3/c9-7-5-6(3-4-11)1-2-8(7)10(12)13/h1-2,5,11H,3-4,9H2. The number of aliphatic hydroxyl groups is 1. The summed E-state index contributed by atoms with van der Waals surface area (Å²) in [4.78, 5) is 9.84. The fourth-order valence-corrected chi connectivity index (χ4v) is 1.05. The third-order valence-electron chi connectivity index (χ3n) is 1.69. The zero-order valence-electron chi connectivity index (χ0n) is 6.93. The summed E-state index contributed by atoms with van der Waals surface area (Å²) in [7, 11) is 0. The zero-order valence-corrected chi connectivity index (χ0v) is 6.93. The van der Waals surface area contributed by atoms with E-state index in [1.54, 1.807) is 6.07 Å². The molecule has 3 N–H and O–H groups in total. The van der Waals surface area contributed by atoms with Gasteiger partial charge in [0.1, 0.15) is 5.69 Å². The van der Waals surface area contributed by atoms with Gasteiger partial charge in [-0.2, -0.15) is 0 Å². The number of aliphatic hydroxyl groups excluding tert-OH is 1. The molecule has 0 fully saturated rings. The molecule has 5 nitrogen and oxygen atoms in total. The zero-order chi connectivity index (χ0) is 9.84. The average Bonchev–Trinajstić information content (AvgIpc) is 2.04. The summed E-state index contributed by atoms with van der Waals surface area (Å²) < 4.78 is 0. The quantitative estimate of drug-likeness (QED) is 0.409. The first kappa shape index (κ1) is 9.47. The van der Waals surface area contributed by atoms with Crippen molar-refractivity contribution in [2.75, 3.05) is 12.3 Å². The molecule has 1 aromatic rings. The van der Waals surface area contributed by atoms with E-state index in [2.05, 4.69) is 0 Å². The van der Waals surface area contributed by atoms with Crippen LogP contribution in [-0.2, 0) is 6.42 Å². The molecule has 0 amide bonds. The summed E-state index contributed by atoms with van der Waals surface area (Å²) in [5.41, 5.74) is 6.27. The molecule has 13 heavy (non-hydrogen) atoms. The molecular weight excluding hydrogens is 172 g/mol. The molecule has 0 atom stereocenters. The maximum atomic E-state index is 10.4. The van der Waals surface area contributed by atoms with Gasteiger partial charge in [0.05, 0.1) is 4.92 Å². The van der Waals surface area contributed by atoms with Crippen molar-refractivity contribution in [2.24, 2.45) is 0 Å². The molecule has 70 valence electrons. The molecule has 0 radical (unpaired) electrons. The predicted octanol–water partition coefficient (Wildman–Crippen LogP) is 0.712. The number of nitrogens with zero attached hydrogens (tertiary/aromatic N) is 1. The molecule has 0 unspecified atom stereocenters. The van der Waals surface area contributed by atoms with Crippen LogP contribution in [0.2, 0.25) is 0 Å². The predicted molar refractivity (Wildman–Crippen MR) is 48.3 cm³/mol. The number of hydrogen-bond donors (Lipinski definition) is 2. The van der Waals surface area contributed by atoms with Gasteiger partial charge >= 0.3 is 0 Å². The molecule has 0 aliphatic rings. The highest BCUT2D eigenvalue weighted by Gasteiger charge is 2.10. The van der Waals surface area contributed by atoms with Gasteiger partial charge in [0.25, 0.3) is 5.69 Å². The van der Waals surface area contributed by atoms with Crippen molar-refractivity contribution in [2.45, 2.75) is 6.42 Å². The minimum absolute atomic E-state index is 0.0112. The summed E-state index contributed by atoms with van der Waals surface area (Å²) in [6.07, 6.45) is 0.461. The van der Waals surface area contributed by atoms with E-state index in [1.807, 2.05) is 0 Å². The van der Waals surface area contributed by atoms with Crippen LogP contribution in [0.15, 0.2) is 18.2 Å². The van der Waals surface area contributed by atoms with Crippen molar-refractivity contribution in [3.8, 4) is 0 Å². The van der Waals surface area contributed by atoms with Crippen molar-refractivity contribution >= 4 is 11.4 Å². The molecule has 0 aliphatic carbocycles. The first-order chi connectivity index (χ1) is 6.15. The number of anilines is 1. The van der Waals surface area contributed by atoms with Crippen LogP contribution in [0.3, 0.4) is 0 Å². The van der Waals surface area contributed by atoms with Gasteiger partial charge in [0, 0.05) is 12.7 Å². The minimum atomic E-state index is -0.530. The second kappa shape index (κ2) is 3.86. The first-order valence-electron chi connectivity index (χ1n) is 3.79. The second-order valence-corrected chi connectivity index (χ2v) is 2.62. The molecule has 0 saturated carbocycles. The van der Waals surface area contributed by atoms with Crippen LogP contribution in [0.1, 0.15) is 5.56 Å². The van der Waals surface area contributed by atoms with Gasteiger partial charge < -0.3 is 10.8 Å². The van der Waals surface area contributed by atoms with Gasteiger partial charge in [-0.3, -0.25) is 10.1 Å². The molecular formula is C8H10N2O3. The van der Waals surface area contributed by atoms with E-state index in [-0.39, 0.29) is 18.0 Å². The Balaban J connectivity index is 2.98. The maximum absolute atomic E-state index is 10.4. The fourth-order valence-electron chi connectivity index (χ4n) is 1.05. The Morgan fingerprint density at radius 2 is 2.23 bits per heavy atom. The van der Waals surface area contributed by atoms with Crippen LogP contribution in [0.5, 0.6) is 0 Å². The molecule has 0 bridgehead atoms. The Kier molecular flexibility index (Phi) is 2.81. The van der Waals surface area contributed by atoms with Gasteiger partial charge in [-0.15, -0.1) is 0 Å². The molecule has 0 aliphatic heterocycles. The van der Waals surface area contributed by atoms with Gasteiger partial charge in [-0.25, -0.2) is 0 Å². The van der Waals surface area contributed by atoms with Crippen LogP contribution >= 0.6 is 0 Å². The van der Waals surface area contributed by atoms with Crippen molar-refractivity contribution in [3.05, 3.63) is 33.9 Å². The number of nitrogen functional groups attached to an aromatic ring is 1. The number of nitrogens with two attached hydrogens (primary N) is 1. The molecule has 0 heterocycles. The molecule has 0 aromatic heterocycles. The van der Waals surface area contributed by atoms with E-state index >= 15 is 0 Å². The Labute approximate surface area is 74.9 Å². The second-order valence-electron chi connectivity index (χ2n) is 2.62. The Morgan fingerprint density at radius 1 is 1.54 bits per heavy atom. The van der Waals surface area contributed by atoms with Gasteiger partial charge in [0.2, 0.25) is 0 Å². The summed E-state index contributed by atoms with van der Waals surface area (Å²) in [5.74, 6) is 0. The van der Waals surface area contributed by atoms with Crippen molar-refractivity contribution < 1.29 is 10.0 Å². The van der Waals surface area contributed by atoms with Crippen molar-refractivity contribution in [1.29, 1.82) is 0 Å². The fraction of sp³-hybridized carbons (Fsp3) is 0.250. The smallest absolute Gasteiger partial charge is 0.292 e. The largest absolute Gasteiger partial charge is 0.396 e. The number of hydrogen-bond acceptors (Lipinski definition) is 4. The van der Waals surface area contributed by atoms with E-state index in [0.29, 0.717) is 6.42 Å². The number of rotatable bonds is 3. The lowest BCUT2D eigenvalue weighted by atomic mass is 10.1. The highest BCUT2D eigenvalue weighted by molar-refractivity contribution is 5.59. The highest BCUT2D eigenvalue weighted by atomic mass is 16.6. The van der Waals surface area contributed by atoms with Gasteiger partial charge in [-0.05, 0) is 18.1 Å². The molecule has 1 rings (SSSR count). The van der Waals surface area contributed by atoms with Crippen molar-refractivity contribution in [3.63, 3.8) is 0 Å². The SMILES string of the molecule is Nc1cc(CCO)ccc1[N+](=O)[O-]. The van der Waals surface area contributed by atoms with Gasteiger partial charge in [-0.1, -0.05) is 6.07 Å². The van der Waals surface area contributed by atoms with E-state index < -0.39 is 4.92 Å². The Bertz CT molecular complexity index is 325. The maximum Gasteiger partial charge on any atom is 0.292 e. The normalized spacial score (nSPS) is 9.92.